The van der Waals surface area contributed by atoms with Gasteiger partial charge in [0.05, 0.1) is 37.9 Å². The number of nitrogens with two attached hydrogens (primary N) is 2. The SMILES string of the molecule is NC(CSCc1ccc(C2OCCO2)o1)OC(=O)C(=O)OC(N)CSCc1ccc(C2OCCO2)o1. The zero-order valence-electron chi connectivity index (χ0n) is 19.3. The highest BCUT2D eigenvalue weighted by atomic mass is 32.2. The number of carbonyl (C=O) groups excluding carboxylic acids is 2. The normalized spacial score (nSPS) is 18.4. The summed E-state index contributed by atoms with van der Waals surface area (Å²) in [5.74, 6) is 1.65. The van der Waals surface area contributed by atoms with Crippen LogP contribution in [-0.2, 0) is 49.5 Å². The third-order valence-electron chi connectivity index (χ3n) is 4.81. The lowest BCUT2D eigenvalue weighted by Crippen LogP contribution is -2.37. The molecule has 36 heavy (non-hydrogen) atoms. The first-order valence-corrected chi connectivity index (χ1v) is 13.5. The molecule has 2 aromatic heterocycles. The van der Waals surface area contributed by atoms with Crippen molar-refractivity contribution >= 4 is 35.5 Å². The van der Waals surface area contributed by atoms with E-state index in [9.17, 15) is 9.59 Å². The predicted octanol–water partition coefficient (Wildman–Crippen LogP) is 1.79. The van der Waals surface area contributed by atoms with Gasteiger partial charge < -0.3 is 37.3 Å². The Morgan fingerprint density at radius 2 is 1.14 bits per heavy atom. The summed E-state index contributed by atoms with van der Waals surface area (Å²) in [7, 11) is 0. The van der Waals surface area contributed by atoms with Crippen molar-refractivity contribution in [1.82, 2.24) is 0 Å². The molecule has 4 N–H and O–H groups in total. The van der Waals surface area contributed by atoms with Crippen molar-refractivity contribution in [2.75, 3.05) is 37.9 Å². The van der Waals surface area contributed by atoms with Crippen molar-refractivity contribution in [3.05, 3.63) is 47.3 Å². The minimum atomic E-state index is -1.20. The molecule has 2 aromatic rings. The molecule has 0 bridgehead atoms. The number of esters is 2. The molecule has 0 aliphatic carbocycles. The van der Waals surface area contributed by atoms with E-state index in [0.717, 1.165) is 0 Å². The summed E-state index contributed by atoms with van der Waals surface area (Å²) in [6.45, 7) is 2.11. The van der Waals surface area contributed by atoms with Gasteiger partial charge in [-0.15, -0.1) is 23.5 Å². The van der Waals surface area contributed by atoms with Gasteiger partial charge in [-0.05, 0) is 24.3 Å². The van der Waals surface area contributed by atoms with Crippen LogP contribution in [0, 0.1) is 0 Å². The van der Waals surface area contributed by atoms with Crippen LogP contribution in [0.1, 0.15) is 35.6 Å². The van der Waals surface area contributed by atoms with Gasteiger partial charge in [0.1, 0.15) is 11.5 Å². The molecule has 2 fully saturated rings. The number of carbonyl (C=O) groups is 2. The van der Waals surface area contributed by atoms with E-state index in [1.54, 1.807) is 12.1 Å². The average molecular weight is 545 g/mol. The number of furan rings is 2. The first kappa shape index (κ1) is 27.0. The maximum Gasteiger partial charge on any atom is 0.419 e. The summed E-state index contributed by atoms with van der Waals surface area (Å²) in [5.41, 5.74) is 11.6. The van der Waals surface area contributed by atoms with E-state index in [-0.39, 0.29) is 11.5 Å². The Balaban J connectivity index is 1.08. The summed E-state index contributed by atoms with van der Waals surface area (Å²) >= 11 is 2.75. The van der Waals surface area contributed by atoms with E-state index in [1.165, 1.54) is 23.5 Å². The second kappa shape index (κ2) is 13.5. The van der Waals surface area contributed by atoms with Crippen LogP contribution in [0.3, 0.4) is 0 Å². The Hall–Kier alpha value is -2.04. The largest absolute Gasteiger partial charge is 0.460 e. The Kier molecular flexibility index (Phi) is 10.1. The van der Waals surface area contributed by atoms with Gasteiger partial charge in [0.15, 0.2) is 24.0 Å². The van der Waals surface area contributed by atoms with Gasteiger partial charge in [-0.3, -0.25) is 11.5 Å². The lowest BCUT2D eigenvalue weighted by atomic mass is 10.4. The second-order valence-electron chi connectivity index (χ2n) is 7.67. The van der Waals surface area contributed by atoms with E-state index in [2.05, 4.69) is 0 Å². The third kappa shape index (κ3) is 7.98. The standard InChI is InChI=1S/C22H28N2O10S2/c23-17(11-35-9-13-1-3-15(31-13)21-27-5-6-28-21)33-19(25)20(26)34-18(24)12-36-10-14-2-4-16(32-14)22-29-7-8-30-22/h1-4,17-18,21-22H,5-12,23-24H2. The van der Waals surface area contributed by atoms with Crippen LogP contribution in [0.25, 0.3) is 0 Å². The fraction of sp³-hybridized carbons (Fsp3) is 0.545. The maximum atomic E-state index is 12.0. The highest BCUT2D eigenvalue weighted by molar-refractivity contribution is 7.98. The Morgan fingerprint density at radius 1 is 0.750 bits per heavy atom. The molecule has 2 saturated heterocycles. The topological polar surface area (TPSA) is 168 Å². The first-order valence-electron chi connectivity index (χ1n) is 11.2. The number of hydrogen-bond acceptors (Lipinski definition) is 14. The van der Waals surface area contributed by atoms with Crippen molar-refractivity contribution < 1.29 is 46.8 Å². The van der Waals surface area contributed by atoms with Crippen molar-refractivity contribution in [2.45, 2.75) is 36.5 Å². The summed E-state index contributed by atoms with van der Waals surface area (Å²) < 4.78 is 42.7. The monoisotopic (exact) mass is 544 g/mol. The lowest BCUT2D eigenvalue weighted by Gasteiger charge is -2.14. The van der Waals surface area contributed by atoms with Crippen molar-refractivity contribution in [3.63, 3.8) is 0 Å². The number of rotatable bonds is 12. The Labute approximate surface area is 215 Å². The molecule has 0 aromatic carbocycles. The van der Waals surface area contributed by atoms with Crippen LogP contribution < -0.4 is 11.5 Å². The molecule has 2 aliphatic heterocycles. The summed E-state index contributed by atoms with van der Waals surface area (Å²) in [4.78, 5) is 23.9. The molecule has 0 amide bonds. The second-order valence-corrected chi connectivity index (χ2v) is 9.73. The first-order chi connectivity index (χ1) is 17.5. The van der Waals surface area contributed by atoms with E-state index in [4.69, 9.17) is 48.7 Å². The molecule has 4 heterocycles. The van der Waals surface area contributed by atoms with Gasteiger partial charge in [-0.25, -0.2) is 9.59 Å². The van der Waals surface area contributed by atoms with Crippen molar-refractivity contribution in [2.24, 2.45) is 11.5 Å². The minimum Gasteiger partial charge on any atom is -0.460 e. The molecule has 4 rings (SSSR count). The molecule has 2 atom stereocenters. The van der Waals surface area contributed by atoms with Gasteiger partial charge >= 0.3 is 11.9 Å². The van der Waals surface area contributed by atoms with Gasteiger partial charge in [0.25, 0.3) is 0 Å². The smallest absolute Gasteiger partial charge is 0.419 e. The van der Waals surface area contributed by atoms with E-state index < -0.39 is 37.0 Å². The lowest BCUT2D eigenvalue weighted by molar-refractivity contribution is -0.172. The fourth-order valence-corrected chi connectivity index (χ4v) is 4.78. The van der Waals surface area contributed by atoms with E-state index >= 15 is 0 Å². The molecule has 0 radical (unpaired) electrons. The van der Waals surface area contributed by atoms with Crippen LogP contribution in [0.2, 0.25) is 0 Å². The van der Waals surface area contributed by atoms with E-state index in [0.29, 0.717) is 61.0 Å². The van der Waals surface area contributed by atoms with Crippen LogP contribution in [0.5, 0.6) is 0 Å². The maximum absolute atomic E-state index is 12.0. The predicted molar refractivity (Wildman–Crippen MR) is 127 cm³/mol. The van der Waals surface area contributed by atoms with Crippen LogP contribution in [0.4, 0.5) is 0 Å². The zero-order chi connectivity index (χ0) is 25.3. The summed E-state index contributed by atoms with van der Waals surface area (Å²) in [6, 6.07) is 7.20. The molecule has 198 valence electrons. The molecule has 14 heteroatoms. The molecular formula is C22H28N2O10S2. The quantitative estimate of drug-likeness (QED) is 0.225. The van der Waals surface area contributed by atoms with Crippen LogP contribution in [-0.4, -0.2) is 62.3 Å². The number of hydrogen-bond donors (Lipinski definition) is 2. The Morgan fingerprint density at radius 3 is 1.53 bits per heavy atom. The highest BCUT2D eigenvalue weighted by Gasteiger charge is 2.25. The van der Waals surface area contributed by atoms with Gasteiger partial charge in [0.2, 0.25) is 12.6 Å². The summed E-state index contributed by atoms with van der Waals surface area (Å²) in [5, 5.41) is 0. The zero-order valence-corrected chi connectivity index (χ0v) is 21.0. The molecular weight excluding hydrogens is 516 g/mol. The van der Waals surface area contributed by atoms with Gasteiger partial charge in [-0.1, -0.05) is 0 Å². The third-order valence-corrected chi connectivity index (χ3v) is 6.92. The van der Waals surface area contributed by atoms with Gasteiger partial charge in [-0.2, -0.15) is 0 Å². The number of thioether (sulfide) groups is 2. The van der Waals surface area contributed by atoms with Crippen LogP contribution in [0.15, 0.2) is 33.1 Å². The molecule has 0 saturated carbocycles. The fourth-order valence-electron chi connectivity index (χ4n) is 3.23. The average Bonchev–Trinajstić information content (AvgIpc) is 3.66. The molecule has 2 unspecified atom stereocenters. The molecule has 2 aliphatic rings. The molecule has 0 spiro atoms. The highest BCUT2D eigenvalue weighted by Crippen LogP contribution is 2.27. The van der Waals surface area contributed by atoms with Crippen molar-refractivity contribution in [1.29, 1.82) is 0 Å². The Bertz CT molecular complexity index is 909. The minimum absolute atomic E-state index is 0.245. The van der Waals surface area contributed by atoms with E-state index in [1.807, 2.05) is 12.1 Å². The number of ether oxygens (including phenoxy) is 6. The van der Waals surface area contributed by atoms with Crippen LogP contribution >= 0.6 is 23.5 Å². The molecule has 12 nitrogen and oxygen atoms in total. The van der Waals surface area contributed by atoms with Crippen molar-refractivity contribution in [3.8, 4) is 0 Å². The van der Waals surface area contributed by atoms with Gasteiger partial charge in [0, 0.05) is 11.5 Å². The summed E-state index contributed by atoms with van der Waals surface area (Å²) in [6.07, 6.45) is -2.96.